The van der Waals surface area contributed by atoms with Crippen molar-refractivity contribution >= 4 is 5.69 Å². The van der Waals surface area contributed by atoms with Crippen molar-refractivity contribution in [1.82, 2.24) is 4.90 Å². The van der Waals surface area contributed by atoms with Gasteiger partial charge in [-0.25, -0.2) is 0 Å². The van der Waals surface area contributed by atoms with Crippen LogP contribution in [0.2, 0.25) is 0 Å². The molecule has 19 heavy (non-hydrogen) atoms. The summed E-state index contributed by atoms with van der Waals surface area (Å²) in [6, 6.07) is 17.1. The second-order valence-electron chi connectivity index (χ2n) is 5.00. The number of anilines is 1. The van der Waals surface area contributed by atoms with E-state index in [0.29, 0.717) is 0 Å². The third kappa shape index (κ3) is 2.22. The Morgan fingerprint density at radius 1 is 0.895 bits per heavy atom. The molecule has 0 fully saturated rings. The Hall–Kier alpha value is -2.22. The fourth-order valence-electron chi connectivity index (χ4n) is 2.56. The third-order valence-electron chi connectivity index (χ3n) is 3.49. The predicted molar refractivity (Wildman–Crippen MR) is 80.9 cm³/mol. The minimum atomic E-state index is 0.907. The molecule has 2 heteroatoms. The quantitative estimate of drug-likeness (QED) is 0.799. The van der Waals surface area contributed by atoms with E-state index in [4.69, 9.17) is 0 Å². The van der Waals surface area contributed by atoms with Crippen LogP contribution < -0.4 is 4.90 Å². The zero-order valence-electron chi connectivity index (χ0n) is 11.4. The Bertz CT molecular complexity index is 602. The number of nitrogens with zero attached hydrogens (tertiary/aromatic N) is 2. The molecule has 2 aromatic carbocycles. The van der Waals surface area contributed by atoms with E-state index in [1.54, 1.807) is 0 Å². The maximum absolute atomic E-state index is 2.30. The van der Waals surface area contributed by atoms with Crippen molar-refractivity contribution in [2.75, 3.05) is 18.6 Å². The van der Waals surface area contributed by atoms with Gasteiger partial charge in [0.2, 0.25) is 0 Å². The minimum absolute atomic E-state index is 0.907. The smallest absolute Gasteiger partial charge is 0.0939 e. The average Bonchev–Trinajstić information content (AvgIpc) is 2.86. The molecule has 0 saturated heterocycles. The summed E-state index contributed by atoms with van der Waals surface area (Å²) in [7, 11) is 2.09. The predicted octanol–water partition coefficient (Wildman–Crippen LogP) is 3.84. The van der Waals surface area contributed by atoms with Crippen molar-refractivity contribution in [2.24, 2.45) is 0 Å². The maximum atomic E-state index is 2.30. The fraction of sp³-hybridized carbons (Fsp3) is 0.176. The molecule has 0 aliphatic carbocycles. The number of hydrogen-bond donors (Lipinski definition) is 0. The van der Waals surface area contributed by atoms with Gasteiger partial charge in [0.1, 0.15) is 0 Å². The van der Waals surface area contributed by atoms with E-state index >= 15 is 0 Å². The van der Waals surface area contributed by atoms with Gasteiger partial charge in [-0.1, -0.05) is 48.5 Å². The molecule has 0 radical (unpaired) electrons. The molecular weight excluding hydrogens is 232 g/mol. The average molecular weight is 250 g/mol. The van der Waals surface area contributed by atoms with Crippen LogP contribution in [0.3, 0.4) is 0 Å². The van der Waals surface area contributed by atoms with Crippen LogP contribution in [0.15, 0.2) is 60.9 Å². The molecule has 1 heterocycles. The van der Waals surface area contributed by atoms with Crippen LogP contribution >= 0.6 is 0 Å². The molecule has 0 unspecified atom stereocenters. The fourth-order valence-corrected chi connectivity index (χ4v) is 2.56. The SMILES string of the molecule is Cc1cccc(-c2ccccc2)c1N1C=CN(C)C1. The molecule has 1 aliphatic heterocycles. The summed E-state index contributed by atoms with van der Waals surface area (Å²) in [6.07, 6.45) is 4.26. The van der Waals surface area contributed by atoms with E-state index in [0.717, 1.165) is 6.67 Å². The second kappa shape index (κ2) is 4.81. The van der Waals surface area contributed by atoms with Gasteiger partial charge >= 0.3 is 0 Å². The normalized spacial score (nSPS) is 14.2. The first kappa shape index (κ1) is 11.8. The molecule has 0 atom stereocenters. The standard InChI is InChI=1S/C17H18N2/c1-14-7-6-10-16(15-8-4-3-5-9-15)17(14)19-12-11-18(2)13-19/h3-12H,13H2,1-2H3. The lowest BCUT2D eigenvalue weighted by Crippen LogP contribution is -2.22. The monoisotopic (exact) mass is 250 g/mol. The van der Waals surface area contributed by atoms with E-state index in [2.05, 4.69) is 84.7 Å². The lowest BCUT2D eigenvalue weighted by Gasteiger charge is -2.23. The van der Waals surface area contributed by atoms with Gasteiger partial charge in [0, 0.05) is 25.0 Å². The molecule has 0 N–H and O–H groups in total. The highest BCUT2D eigenvalue weighted by atomic mass is 15.3. The molecule has 0 aromatic heterocycles. The summed E-state index contributed by atoms with van der Waals surface area (Å²) in [5, 5.41) is 0. The summed E-state index contributed by atoms with van der Waals surface area (Å²) in [5.74, 6) is 0. The molecule has 0 amide bonds. The van der Waals surface area contributed by atoms with Crippen LogP contribution in [-0.4, -0.2) is 18.6 Å². The highest BCUT2D eigenvalue weighted by molar-refractivity contribution is 5.81. The molecule has 1 aliphatic rings. The van der Waals surface area contributed by atoms with Crippen molar-refractivity contribution in [1.29, 1.82) is 0 Å². The van der Waals surface area contributed by atoms with Crippen molar-refractivity contribution < 1.29 is 0 Å². The summed E-state index contributed by atoms with van der Waals surface area (Å²) in [4.78, 5) is 4.48. The van der Waals surface area contributed by atoms with Gasteiger partial charge < -0.3 is 9.80 Å². The van der Waals surface area contributed by atoms with Gasteiger partial charge in [-0.2, -0.15) is 0 Å². The van der Waals surface area contributed by atoms with Gasteiger partial charge in [-0.05, 0) is 18.1 Å². The van der Waals surface area contributed by atoms with E-state index in [9.17, 15) is 0 Å². The first-order chi connectivity index (χ1) is 9.25. The second-order valence-corrected chi connectivity index (χ2v) is 5.00. The number of benzene rings is 2. The van der Waals surface area contributed by atoms with E-state index in [1.807, 2.05) is 0 Å². The lowest BCUT2D eigenvalue weighted by molar-refractivity contribution is 0.495. The molecular formula is C17H18N2. The molecule has 0 saturated carbocycles. The van der Waals surface area contributed by atoms with E-state index < -0.39 is 0 Å². The number of para-hydroxylation sites is 1. The van der Waals surface area contributed by atoms with Crippen LogP contribution in [0.4, 0.5) is 5.69 Å². The first-order valence-electron chi connectivity index (χ1n) is 6.56. The molecule has 2 nitrogen and oxygen atoms in total. The number of rotatable bonds is 2. The molecule has 2 aromatic rings. The Balaban J connectivity index is 2.11. The number of hydrogen-bond acceptors (Lipinski definition) is 2. The summed E-state index contributed by atoms with van der Waals surface area (Å²) in [6.45, 7) is 3.08. The zero-order valence-corrected chi connectivity index (χ0v) is 11.4. The van der Waals surface area contributed by atoms with Crippen molar-refractivity contribution in [3.05, 3.63) is 66.5 Å². The van der Waals surface area contributed by atoms with Crippen LogP contribution in [0.5, 0.6) is 0 Å². The molecule has 0 bridgehead atoms. The largest absolute Gasteiger partial charge is 0.361 e. The molecule has 96 valence electrons. The first-order valence-corrected chi connectivity index (χ1v) is 6.56. The summed E-state index contributed by atoms with van der Waals surface area (Å²) >= 11 is 0. The Labute approximate surface area is 114 Å². The third-order valence-corrected chi connectivity index (χ3v) is 3.49. The summed E-state index contributed by atoms with van der Waals surface area (Å²) < 4.78 is 0. The van der Waals surface area contributed by atoms with Gasteiger partial charge in [0.05, 0.1) is 12.4 Å². The van der Waals surface area contributed by atoms with Gasteiger partial charge in [0.15, 0.2) is 0 Å². The highest BCUT2D eigenvalue weighted by Crippen LogP contribution is 2.35. The maximum Gasteiger partial charge on any atom is 0.0939 e. The Kier molecular flexibility index (Phi) is 3.00. The Morgan fingerprint density at radius 3 is 2.37 bits per heavy atom. The lowest BCUT2D eigenvalue weighted by atomic mass is 10.00. The Morgan fingerprint density at radius 2 is 1.68 bits per heavy atom. The topological polar surface area (TPSA) is 6.48 Å². The number of aryl methyl sites for hydroxylation is 1. The van der Waals surface area contributed by atoms with Crippen LogP contribution in [0, 0.1) is 6.92 Å². The van der Waals surface area contributed by atoms with E-state index in [-0.39, 0.29) is 0 Å². The van der Waals surface area contributed by atoms with E-state index in [1.165, 1.54) is 22.4 Å². The van der Waals surface area contributed by atoms with Crippen molar-refractivity contribution in [2.45, 2.75) is 6.92 Å². The minimum Gasteiger partial charge on any atom is -0.361 e. The molecule has 0 spiro atoms. The van der Waals surface area contributed by atoms with Gasteiger partial charge in [-0.3, -0.25) is 0 Å². The van der Waals surface area contributed by atoms with Gasteiger partial charge in [-0.15, -0.1) is 0 Å². The highest BCUT2D eigenvalue weighted by Gasteiger charge is 2.17. The summed E-state index contributed by atoms with van der Waals surface area (Å²) in [5.41, 5.74) is 5.17. The van der Waals surface area contributed by atoms with Crippen LogP contribution in [0.25, 0.3) is 11.1 Å². The zero-order chi connectivity index (χ0) is 13.2. The van der Waals surface area contributed by atoms with Crippen molar-refractivity contribution in [3.63, 3.8) is 0 Å². The molecule has 3 rings (SSSR count). The van der Waals surface area contributed by atoms with Crippen LogP contribution in [0.1, 0.15) is 5.56 Å². The van der Waals surface area contributed by atoms with Crippen molar-refractivity contribution in [3.8, 4) is 11.1 Å². The van der Waals surface area contributed by atoms with Gasteiger partial charge in [0.25, 0.3) is 0 Å². The van der Waals surface area contributed by atoms with Crippen LogP contribution in [-0.2, 0) is 0 Å².